The fourth-order valence-electron chi connectivity index (χ4n) is 2.55. The van der Waals surface area contributed by atoms with Gasteiger partial charge in [-0.2, -0.15) is 0 Å². The molecule has 1 aromatic heterocycles. The quantitative estimate of drug-likeness (QED) is 0.696. The normalized spacial score (nSPS) is 11.2. The number of nitrogens with zero attached hydrogens (tertiary/aromatic N) is 1. The van der Waals surface area contributed by atoms with Crippen molar-refractivity contribution in [2.24, 2.45) is 0 Å². The number of benzene rings is 2. The number of para-hydroxylation sites is 1. The molecule has 3 nitrogen and oxygen atoms in total. The summed E-state index contributed by atoms with van der Waals surface area (Å²) in [5, 5.41) is 21.5. The molecule has 0 radical (unpaired) electrons. The number of thiazole rings is 1. The lowest BCUT2D eigenvalue weighted by Crippen LogP contribution is -1.97. The van der Waals surface area contributed by atoms with E-state index in [0.29, 0.717) is 6.42 Å². The molecule has 3 aromatic rings. The SMILES string of the molecule is Cc1c(C)c(O)c(Cc2nc3ccccc3s2)c(C)c1O. The van der Waals surface area contributed by atoms with E-state index in [1.807, 2.05) is 45.0 Å². The van der Waals surface area contributed by atoms with E-state index in [1.165, 1.54) is 0 Å². The van der Waals surface area contributed by atoms with E-state index in [1.54, 1.807) is 11.3 Å². The molecule has 0 aliphatic carbocycles. The molecular formula is C17H17NO2S. The Kier molecular flexibility index (Phi) is 3.33. The van der Waals surface area contributed by atoms with Crippen molar-refractivity contribution >= 4 is 21.6 Å². The summed E-state index contributed by atoms with van der Waals surface area (Å²) in [4.78, 5) is 4.60. The molecule has 2 aromatic carbocycles. The largest absolute Gasteiger partial charge is 0.507 e. The second-order valence-corrected chi connectivity index (χ2v) is 6.42. The Balaban J connectivity index is 2.09. The van der Waals surface area contributed by atoms with Gasteiger partial charge in [-0.25, -0.2) is 4.98 Å². The van der Waals surface area contributed by atoms with Crippen molar-refractivity contribution in [2.45, 2.75) is 27.2 Å². The summed E-state index contributed by atoms with van der Waals surface area (Å²) < 4.78 is 1.14. The van der Waals surface area contributed by atoms with E-state index >= 15 is 0 Å². The van der Waals surface area contributed by atoms with Gasteiger partial charge in [-0.05, 0) is 49.6 Å². The van der Waals surface area contributed by atoms with Crippen LogP contribution in [0, 0.1) is 20.8 Å². The molecule has 21 heavy (non-hydrogen) atoms. The minimum absolute atomic E-state index is 0.265. The molecule has 3 rings (SSSR count). The Morgan fingerprint density at radius 3 is 2.33 bits per heavy atom. The predicted molar refractivity (Wildman–Crippen MR) is 86.4 cm³/mol. The Hall–Kier alpha value is -2.07. The summed E-state index contributed by atoms with van der Waals surface area (Å²) in [5.74, 6) is 0.531. The molecule has 0 saturated carbocycles. The molecule has 0 fully saturated rings. The van der Waals surface area contributed by atoms with Gasteiger partial charge >= 0.3 is 0 Å². The van der Waals surface area contributed by atoms with Crippen LogP contribution >= 0.6 is 11.3 Å². The molecule has 0 aliphatic heterocycles. The summed E-state index contributed by atoms with van der Waals surface area (Å²) in [5.41, 5.74) is 3.93. The van der Waals surface area contributed by atoms with Crippen molar-refractivity contribution in [3.63, 3.8) is 0 Å². The zero-order valence-electron chi connectivity index (χ0n) is 12.3. The third-order valence-electron chi connectivity index (χ3n) is 4.03. The molecule has 4 heteroatoms. The predicted octanol–water partition coefficient (Wildman–Crippen LogP) is 4.22. The highest BCUT2D eigenvalue weighted by atomic mass is 32.1. The van der Waals surface area contributed by atoms with Gasteiger partial charge in [0.2, 0.25) is 0 Å². The number of hydrogen-bond acceptors (Lipinski definition) is 4. The Morgan fingerprint density at radius 2 is 1.62 bits per heavy atom. The van der Waals surface area contributed by atoms with Crippen LogP contribution in [-0.2, 0) is 6.42 Å². The van der Waals surface area contributed by atoms with Gasteiger partial charge in [0.05, 0.1) is 15.2 Å². The first-order chi connectivity index (χ1) is 9.99. The van der Waals surface area contributed by atoms with Gasteiger partial charge < -0.3 is 10.2 Å². The lowest BCUT2D eigenvalue weighted by atomic mass is 9.96. The molecule has 0 amide bonds. The lowest BCUT2D eigenvalue weighted by molar-refractivity contribution is 0.444. The van der Waals surface area contributed by atoms with Crippen molar-refractivity contribution in [3.05, 3.63) is 51.5 Å². The van der Waals surface area contributed by atoms with Gasteiger partial charge in [-0.15, -0.1) is 11.3 Å². The van der Waals surface area contributed by atoms with Crippen LogP contribution in [0.5, 0.6) is 11.5 Å². The minimum atomic E-state index is 0.265. The lowest BCUT2D eigenvalue weighted by Gasteiger charge is -2.15. The fraction of sp³-hybridized carbons (Fsp3) is 0.235. The maximum absolute atomic E-state index is 10.4. The molecule has 0 unspecified atom stereocenters. The smallest absolute Gasteiger partial charge is 0.122 e. The minimum Gasteiger partial charge on any atom is -0.507 e. The number of fused-ring (bicyclic) bond motifs is 1. The van der Waals surface area contributed by atoms with Crippen molar-refractivity contribution in [2.75, 3.05) is 0 Å². The molecule has 108 valence electrons. The Labute approximate surface area is 127 Å². The van der Waals surface area contributed by atoms with E-state index in [4.69, 9.17) is 0 Å². The third-order valence-corrected chi connectivity index (χ3v) is 5.07. The number of phenols is 2. The van der Waals surface area contributed by atoms with Crippen LogP contribution in [0.4, 0.5) is 0 Å². The summed E-state index contributed by atoms with van der Waals surface area (Å²) in [6.45, 7) is 5.48. The van der Waals surface area contributed by atoms with Crippen LogP contribution in [0.3, 0.4) is 0 Å². The van der Waals surface area contributed by atoms with E-state index in [2.05, 4.69) is 4.98 Å². The molecule has 2 N–H and O–H groups in total. The van der Waals surface area contributed by atoms with E-state index in [0.717, 1.165) is 37.5 Å². The van der Waals surface area contributed by atoms with Gasteiger partial charge in [0, 0.05) is 12.0 Å². The van der Waals surface area contributed by atoms with Gasteiger partial charge in [-0.3, -0.25) is 0 Å². The molecule has 0 saturated heterocycles. The Bertz CT molecular complexity index is 774. The van der Waals surface area contributed by atoms with E-state index in [-0.39, 0.29) is 11.5 Å². The second-order valence-electron chi connectivity index (χ2n) is 5.30. The monoisotopic (exact) mass is 299 g/mol. The van der Waals surface area contributed by atoms with Gasteiger partial charge in [-0.1, -0.05) is 12.1 Å². The fourth-order valence-corrected chi connectivity index (χ4v) is 3.53. The van der Waals surface area contributed by atoms with Crippen molar-refractivity contribution in [1.82, 2.24) is 4.98 Å². The first-order valence-electron chi connectivity index (χ1n) is 6.84. The summed E-state index contributed by atoms with van der Waals surface area (Å²) >= 11 is 1.62. The molecule has 0 atom stereocenters. The van der Waals surface area contributed by atoms with Crippen LogP contribution in [0.2, 0.25) is 0 Å². The van der Waals surface area contributed by atoms with Crippen LogP contribution in [0.15, 0.2) is 24.3 Å². The average molecular weight is 299 g/mol. The zero-order chi connectivity index (χ0) is 15.1. The highest BCUT2D eigenvalue weighted by Gasteiger charge is 2.17. The van der Waals surface area contributed by atoms with Gasteiger partial charge in [0.15, 0.2) is 0 Å². The van der Waals surface area contributed by atoms with Gasteiger partial charge in [0.25, 0.3) is 0 Å². The van der Waals surface area contributed by atoms with E-state index in [9.17, 15) is 10.2 Å². The number of rotatable bonds is 2. The average Bonchev–Trinajstić information content (AvgIpc) is 2.90. The number of aromatic hydroxyl groups is 2. The summed E-state index contributed by atoms with van der Waals surface area (Å²) in [6.07, 6.45) is 0.533. The summed E-state index contributed by atoms with van der Waals surface area (Å²) in [7, 11) is 0. The third kappa shape index (κ3) is 2.25. The zero-order valence-corrected chi connectivity index (χ0v) is 13.1. The topological polar surface area (TPSA) is 53.4 Å². The molecular weight excluding hydrogens is 282 g/mol. The van der Waals surface area contributed by atoms with Crippen molar-refractivity contribution in [1.29, 1.82) is 0 Å². The molecule has 0 bridgehead atoms. The van der Waals surface area contributed by atoms with Crippen LogP contribution in [0.1, 0.15) is 27.3 Å². The maximum Gasteiger partial charge on any atom is 0.122 e. The summed E-state index contributed by atoms with van der Waals surface area (Å²) in [6, 6.07) is 7.99. The highest BCUT2D eigenvalue weighted by Crippen LogP contribution is 2.38. The van der Waals surface area contributed by atoms with Crippen LogP contribution in [-0.4, -0.2) is 15.2 Å². The van der Waals surface area contributed by atoms with Crippen molar-refractivity contribution in [3.8, 4) is 11.5 Å². The van der Waals surface area contributed by atoms with E-state index < -0.39 is 0 Å². The van der Waals surface area contributed by atoms with Crippen molar-refractivity contribution < 1.29 is 10.2 Å². The van der Waals surface area contributed by atoms with Crippen LogP contribution < -0.4 is 0 Å². The highest BCUT2D eigenvalue weighted by molar-refractivity contribution is 7.18. The molecule has 0 spiro atoms. The first kappa shape index (κ1) is 13.9. The first-order valence-corrected chi connectivity index (χ1v) is 7.65. The number of phenolic OH excluding ortho intramolecular Hbond substituents is 2. The second kappa shape index (κ2) is 5.04. The number of hydrogen-bond donors (Lipinski definition) is 2. The standard InChI is InChI=1S/C17H17NO2S/c1-9-10(2)17(20)12(11(3)16(9)19)8-15-18-13-6-4-5-7-14(13)21-15/h4-7,19-20H,8H2,1-3H3. The van der Waals surface area contributed by atoms with Gasteiger partial charge in [0.1, 0.15) is 11.5 Å². The molecule has 0 aliphatic rings. The van der Waals surface area contributed by atoms with Crippen LogP contribution in [0.25, 0.3) is 10.2 Å². The maximum atomic E-state index is 10.4. The number of aromatic nitrogens is 1. The Morgan fingerprint density at radius 1 is 0.952 bits per heavy atom. The molecule has 1 heterocycles.